The number of halogens is 2. The van der Waals surface area contributed by atoms with Gasteiger partial charge in [-0.3, -0.25) is 24.6 Å². The summed E-state index contributed by atoms with van der Waals surface area (Å²) in [5.74, 6) is -3.26. The predicted octanol–water partition coefficient (Wildman–Crippen LogP) is 1.58. The van der Waals surface area contributed by atoms with Crippen molar-refractivity contribution in [3.8, 4) is 0 Å². The van der Waals surface area contributed by atoms with Gasteiger partial charge in [0.2, 0.25) is 5.91 Å². The third kappa shape index (κ3) is 6.95. The van der Waals surface area contributed by atoms with Crippen LogP contribution < -0.4 is 16.5 Å². The van der Waals surface area contributed by atoms with E-state index in [0.29, 0.717) is 5.01 Å². The van der Waals surface area contributed by atoms with Gasteiger partial charge >= 0.3 is 0 Å². The summed E-state index contributed by atoms with van der Waals surface area (Å²) in [6, 6.07) is 7.92. The molecule has 1 aromatic heterocycles. The maximum Gasteiger partial charge on any atom is 0.291 e. The fraction of sp³-hybridized carbons (Fsp3) is 0.400. The number of nitrogens with two attached hydrogens (primary N) is 1. The standard InChI is InChI=1S/C20H25ClFN5O4/c1-11(2)9-14(19(30)26-27(8-7-16(23)28)20(31)17(21)22)25-18(29)15-10-12-5-3-4-6-13(12)24-15/h3-6,10-11,14,17,24H,7-9H2,1-2H3,(H2,23,28)(H,25,29)(H,26,30)/t14-,17-/m0/s1. The lowest BCUT2D eigenvalue weighted by Crippen LogP contribution is -2.56. The van der Waals surface area contributed by atoms with Crippen LogP contribution in [0.15, 0.2) is 30.3 Å². The number of amides is 4. The van der Waals surface area contributed by atoms with Crippen LogP contribution in [-0.4, -0.2) is 51.8 Å². The molecule has 2 atom stereocenters. The second-order valence-electron chi connectivity index (χ2n) is 7.41. The summed E-state index contributed by atoms with van der Waals surface area (Å²) in [6.07, 6.45) is -0.0680. The zero-order valence-corrected chi connectivity index (χ0v) is 17.9. The Hall–Kier alpha value is -3.14. The molecule has 1 heterocycles. The Morgan fingerprint density at radius 1 is 1.23 bits per heavy atom. The smallest absolute Gasteiger partial charge is 0.291 e. The van der Waals surface area contributed by atoms with Crippen molar-refractivity contribution in [2.45, 2.75) is 38.4 Å². The zero-order valence-electron chi connectivity index (χ0n) is 17.2. The molecule has 0 unspecified atom stereocenters. The molecule has 0 spiro atoms. The van der Waals surface area contributed by atoms with Crippen molar-refractivity contribution in [2.24, 2.45) is 11.7 Å². The first kappa shape index (κ1) is 24.1. The second-order valence-corrected chi connectivity index (χ2v) is 7.79. The minimum atomic E-state index is -2.42. The molecule has 0 bridgehead atoms. The topological polar surface area (TPSA) is 137 Å². The quantitative estimate of drug-likeness (QED) is 0.338. The maximum atomic E-state index is 13.3. The van der Waals surface area contributed by atoms with Crippen LogP contribution in [0.2, 0.25) is 0 Å². The van der Waals surface area contributed by atoms with Crippen molar-refractivity contribution in [3.63, 3.8) is 0 Å². The summed E-state index contributed by atoms with van der Waals surface area (Å²) in [6.45, 7) is 3.33. The number of H-pyrrole nitrogens is 1. The molecule has 0 aliphatic heterocycles. The number of hydrogen-bond donors (Lipinski definition) is 4. The molecule has 0 radical (unpaired) electrons. The first-order chi connectivity index (χ1) is 14.6. The van der Waals surface area contributed by atoms with E-state index in [2.05, 4.69) is 15.7 Å². The second kappa shape index (κ2) is 10.8. The summed E-state index contributed by atoms with van der Waals surface area (Å²) >= 11 is 5.19. The fourth-order valence-corrected chi connectivity index (χ4v) is 3.02. The Bertz CT molecular complexity index is 929. The van der Waals surface area contributed by atoms with Gasteiger partial charge in [0.15, 0.2) is 0 Å². The number of alkyl halides is 2. The van der Waals surface area contributed by atoms with E-state index in [9.17, 15) is 23.6 Å². The number of benzene rings is 1. The van der Waals surface area contributed by atoms with Gasteiger partial charge in [-0.2, -0.15) is 0 Å². The monoisotopic (exact) mass is 453 g/mol. The molecule has 168 valence electrons. The molecule has 0 saturated heterocycles. The molecule has 0 saturated carbocycles. The van der Waals surface area contributed by atoms with E-state index in [1.807, 2.05) is 38.1 Å². The van der Waals surface area contributed by atoms with E-state index in [1.54, 1.807) is 6.07 Å². The molecule has 0 aliphatic rings. The van der Waals surface area contributed by atoms with Crippen molar-refractivity contribution in [1.82, 2.24) is 20.7 Å². The lowest BCUT2D eigenvalue weighted by atomic mass is 10.0. The third-order valence-corrected chi connectivity index (χ3v) is 4.57. The van der Waals surface area contributed by atoms with Gasteiger partial charge in [0.25, 0.3) is 23.4 Å². The molecule has 9 nitrogen and oxygen atoms in total. The minimum Gasteiger partial charge on any atom is -0.370 e. The Labute approximate surface area is 183 Å². The molecule has 11 heteroatoms. The number of nitrogens with one attached hydrogen (secondary N) is 3. The molecular formula is C20H25ClFN5O4. The summed E-state index contributed by atoms with van der Waals surface area (Å²) in [5, 5.41) is 4.05. The van der Waals surface area contributed by atoms with E-state index < -0.39 is 35.3 Å². The summed E-state index contributed by atoms with van der Waals surface area (Å²) in [7, 11) is 0. The number of hydrogen-bond acceptors (Lipinski definition) is 4. The number of primary amides is 1. The highest BCUT2D eigenvalue weighted by Crippen LogP contribution is 2.15. The number of carbonyl (C=O) groups is 4. The summed E-state index contributed by atoms with van der Waals surface area (Å²) in [5.41, 5.74) is 5.89. The number of aromatic nitrogens is 1. The number of carbonyl (C=O) groups excluding carboxylic acids is 4. The fourth-order valence-electron chi connectivity index (χ4n) is 2.91. The lowest BCUT2D eigenvalue weighted by molar-refractivity contribution is -0.144. The zero-order chi connectivity index (χ0) is 23.1. The molecule has 0 aliphatic carbocycles. The molecule has 4 amide bonds. The molecule has 31 heavy (non-hydrogen) atoms. The van der Waals surface area contributed by atoms with Gasteiger partial charge in [-0.15, -0.1) is 0 Å². The van der Waals surface area contributed by atoms with Crippen LogP contribution in [0.4, 0.5) is 4.39 Å². The SMILES string of the molecule is CC(C)C[C@H](NC(=O)c1cc2ccccc2[nH]1)C(=O)NN(CCC(N)=O)C(=O)[C@H](F)Cl. The van der Waals surface area contributed by atoms with E-state index in [-0.39, 0.29) is 31.0 Å². The van der Waals surface area contributed by atoms with Crippen molar-refractivity contribution in [3.05, 3.63) is 36.0 Å². The van der Waals surface area contributed by atoms with Gasteiger partial charge < -0.3 is 16.0 Å². The van der Waals surface area contributed by atoms with Gasteiger partial charge in [-0.1, -0.05) is 43.6 Å². The number of rotatable bonds is 9. The lowest BCUT2D eigenvalue weighted by Gasteiger charge is -2.27. The maximum absolute atomic E-state index is 13.3. The first-order valence-corrected chi connectivity index (χ1v) is 10.1. The van der Waals surface area contributed by atoms with Crippen LogP contribution >= 0.6 is 11.6 Å². The molecule has 2 aromatic rings. The highest BCUT2D eigenvalue weighted by atomic mass is 35.5. The molecule has 1 aromatic carbocycles. The summed E-state index contributed by atoms with van der Waals surface area (Å²) in [4.78, 5) is 51.4. The highest BCUT2D eigenvalue weighted by molar-refractivity contribution is 6.29. The van der Waals surface area contributed by atoms with Gasteiger partial charge in [0.05, 0.1) is 6.54 Å². The van der Waals surface area contributed by atoms with Gasteiger partial charge in [0, 0.05) is 17.3 Å². The van der Waals surface area contributed by atoms with Crippen LogP contribution in [0.5, 0.6) is 0 Å². The van der Waals surface area contributed by atoms with Crippen LogP contribution in [0, 0.1) is 5.92 Å². The minimum absolute atomic E-state index is 0.00971. The van der Waals surface area contributed by atoms with Crippen molar-refractivity contribution in [1.29, 1.82) is 0 Å². The number of fused-ring (bicyclic) bond motifs is 1. The molecular weight excluding hydrogens is 429 g/mol. The number of aromatic amines is 1. The van der Waals surface area contributed by atoms with E-state index in [0.717, 1.165) is 10.9 Å². The Balaban J connectivity index is 2.16. The van der Waals surface area contributed by atoms with Crippen LogP contribution in [0.3, 0.4) is 0 Å². The molecule has 2 rings (SSSR count). The van der Waals surface area contributed by atoms with Crippen LogP contribution in [0.25, 0.3) is 10.9 Å². The van der Waals surface area contributed by atoms with Gasteiger partial charge in [0.1, 0.15) is 11.7 Å². The Morgan fingerprint density at radius 2 is 1.90 bits per heavy atom. The number of nitrogens with zero attached hydrogens (tertiary/aromatic N) is 1. The average molecular weight is 454 g/mol. The van der Waals surface area contributed by atoms with Crippen molar-refractivity contribution < 1.29 is 23.6 Å². The number of hydrazine groups is 1. The van der Waals surface area contributed by atoms with Crippen molar-refractivity contribution in [2.75, 3.05) is 6.54 Å². The normalized spacial score (nSPS) is 12.9. The van der Waals surface area contributed by atoms with Crippen molar-refractivity contribution >= 4 is 46.1 Å². The number of para-hydroxylation sites is 1. The van der Waals surface area contributed by atoms with E-state index in [1.165, 1.54) is 0 Å². The third-order valence-electron chi connectivity index (χ3n) is 4.38. The van der Waals surface area contributed by atoms with Gasteiger partial charge in [-0.05, 0) is 24.5 Å². The largest absolute Gasteiger partial charge is 0.370 e. The Kier molecular flexibility index (Phi) is 8.38. The van der Waals surface area contributed by atoms with E-state index in [4.69, 9.17) is 17.3 Å². The predicted molar refractivity (Wildman–Crippen MR) is 113 cm³/mol. The van der Waals surface area contributed by atoms with Gasteiger partial charge in [-0.25, -0.2) is 9.40 Å². The van der Waals surface area contributed by atoms with Crippen LogP contribution in [-0.2, 0) is 14.4 Å². The highest BCUT2D eigenvalue weighted by Gasteiger charge is 2.29. The van der Waals surface area contributed by atoms with E-state index >= 15 is 0 Å². The molecule has 5 N–H and O–H groups in total. The molecule has 0 fully saturated rings. The van der Waals surface area contributed by atoms with Crippen LogP contribution in [0.1, 0.15) is 37.2 Å². The Morgan fingerprint density at radius 3 is 2.48 bits per heavy atom. The average Bonchev–Trinajstić information content (AvgIpc) is 3.13. The summed E-state index contributed by atoms with van der Waals surface area (Å²) < 4.78 is 13.3. The first-order valence-electron chi connectivity index (χ1n) is 9.65.